The van der Waals surface area contributed by atoms with Gasteiger partial charge in [-0.3, -0.25) is 19.4 Å². The van der Waals surface area contributed by atoms with Crippen LogP contribution in [0.15, 0.2) is 35.3 Å². The number of aliphatic imine (C=N–C) groups is 1. The van der Waals surface area contributed by atoms with E-state index in [0.29, 0.717) is 6.42 Å². The summed E-state index contributed by atoms with van der Waals surface area (Å²) in [5, 5.41) is 17.0. The minimum absolute atomic E-state index is 0.0360. The molecule has 0 heterocycles. The zero-order valence-electron chi connectivity index (χ0n) is 18.1. The highest BCUT2D eigenvalue weighted by Crippen LogP contribution is 2.06. The summed E-state index contributed by atoms with van der Waals surface area (Å²) in [5.74, 6) is -3.30. The van der Waals surface area contributed by atoms with E-state index in [9.17, 15) is 24.3 Å². The Balaban J connectivity index is 2.93. The molecule has 1 aromatic carbocycles. The number of nitrogens with two attached hydrogens (primary N) is 3. The number of carboxylic acid groups (broad SMARTS) is 1. The second kappa shape index (κ2) is 14.7. The summed E-state index contributed by atoms with van der Waals surface area (Å²) in [5.41, 5.74) is 16.6. The molecule has 3 atom stereocenters. The second-order valence-corrected chi connectivity index (χ2v) is 7.47. The fraction of sp³-hybridized carbons (Fsp3) is 0.450. The van der Waals surface area contributed by atoms with E-state index in [0.717, 1.165) is 5.56 Å². The molecule has 12 nitrogen and oxygen atoms in total. The number of aliphatic carboxylic acids is 1. The summed E-state index contributed by atoms with van der Waals surface area (Å²) < 4.78 is 0. The monoisotopic (exact) mass is 481 g/mol. The van der Waals surface area contributed by atoms with Crippen molar-refractivity contribution in [3.05, 3.63) is 35.9 Å². The molecule has 0 aliphatic carbocycles. The van der Waals surface area contributed by atoms with Crippen LogP contribution in [0.25, 0.3) is 0 Å². The molecule has 3 amide bonds. The van der Waals surface area contributed by atoms with Crippen molar-refractivity contribution in [1.29, 1.82) is 0 Å². The van der Waals surface area contributed by atoms with Crippen LogP contribution < -0.4 is 33.2 Å². The van der Waals surface area contributed by atoms with Gasteiger partial charge in [-0.25, -0.2) is 4.79 Å². The van der Waals surface area contributed by atoms with E-state index in [1.54, 1.807) is 30.3 Å². The van der Waals surface area contributed by atoms with E-state index in [-0.39, 0.29) is 37.6 Å². The lowest BCUT2D eigenvalue weighted by molar-refractivity contribution is -0.142. The maximum Gasteiger partial charge on any atom is 0.326 e. The Morgan fingerprint density at radius 1 is 0.970 bits per heavy atom. The number of thiol groups is 1. The number of benzene rings is 1. The number of guanidine groups is 1. The molecule has 0 saturated heterocycles. The quantitative estimate of drug-likeness (QED) is 0.0624. The van der Waals surface area contributed by atoms with Crippen molar-refractivity contribution in [1.82, 2.24) is 16.0 Å². The predicted octanol–water partition coefficient (Wildman–Crippen LogP) is -2.29. The van der Waals surface area contributed by atoms with E-state index in [1.807, 2.05) is 0 Å². The van der Waals surface area contributed by atoms with Gasteiger partial charge in [0.15, 0.2) is 5.96 Å². The van der Waals surface area contributed by atoms with Gasteiger partial charge in [0, 0.05) is 18.7 Å². The van der Waals surface area contributed by atoms with Crippen molar-refractivity contribution >= 4 is 42.3 Å². The Morgan fingerprint density at radius 2 is 1.58 bits per heavy atom. The van der Waals surface area contributed by atoms with Crippen LogP contribution >= 0.6 is 12.6 Å². The van der Waals surface area contributed by atoms with E-state index >= 15 is 0 Å². The maximum atomic E-state index is 12.9. The topological polar surface area (TPSA) is 215 Å². The molecule has 33 heavy (non-hydrogen) atoms. The molecule has 182 valence electrons. The zero-order valence-corrected chi connectivity index (χ0v) is 19.0. The normalized spacial score (nSPS) is 13.2. The first-order chi connectivity index (χ1) is 15.7. The first kappa shape index (κ1) is 27.7. The largest absolute Gasteiger partial charge is 0.480 e. The smallest absolute Gasteiger partial charge is 0.326 e. The fourth-order valence-electron chi connectivity index (χ4n) is 2.81. The zero-order chi connectivity index (χ0) is 24.8. The van der Waals surface area contributed by atoms with Gasteiger partial charge in [0.05, 0.1) is 6.54 Å². The van der Waals surface area contributed by atoms with Gasteiger partial charge >= 0.3 is 5.97 Å². The van der Waals surface area contributed by atoms with Crippen molar-refractivity contribution in [2.24, 2.45) is 22.2 Å². The van der Waals surface area contributed by atoms with E-state index in [4.69, 9.17) is 17.2 Å². The number of rotatable bonds is 14. The molecule has 1 rings (SSSR count). The summed E-state index contributed by atoms with van der Waals surface area (Å²) in [4.78, 5) is 52.6. The average Bonchev–Trinajstić information content (AvgIpc) is 2.78. The molecular weight excluding hydrogens is 450 g/mol. The lowest BCUT2D eigenvalue weighted by Crippen LogP contribution is -2.57. The molecule has 10 N–H and O–H groups in total. The van der Waals surface area contributed by atoms with Gasteiger partial charge in [-0.15, -0.1) is 0 Å². The summed E-state index contributed by atoms with van der Waals surface area (Å²) >= 11 is 4.05. The molecule has 0 aliphatic heterocycles. The molecule has 0 saturated carbocycles. The molecule has 0 bridgehead atoms. The van der Waals surface area contributed by atoms with Crippen LogP contribution in [0, 0.1) is 0 Å². The summed E-state index contributed by atoms with van der Waals surface area (Å²) in [6.45, 7) is -0.117. The number of nitrogens with one attached hydrogen (secondary N) is 3. The van der Waals surface area contributed by atoms with Crippen molar-refractivity contribution in [2.45, 2.75) is 37.4 Å². The van der Waals surface area contributed by atoms with E-state index < -0.39 is 41.8 Å². The van der Waals surface area contributed by atoms with Crippen LogP contribution in [0.5, 0.6) is 0 Å². The van der Waals surface area contributed by atoms with Crippen LogP contribution in [-0.4, -0.2) is 71.7 Å². The van der Waals surface area contributed by atoms with Gasteiger partial charge in [0.2, 0.25) is 17.7 Å². The summed E-state index contributed by atoms with van der Waals surface area (Å²) in [6, 6.07) is 5.46. The van der Waals surface area contributed by atoms with Crippen LogP contribution in [0.2, 0.25) is 0 Å². The van der Waals surface area contributed by atoms with Gasteiger partial charge in [-0.2, -0.15) is 12.6 Å². The van der Waals surface area contributed by atoms with Gasteiger partial charge in [0.1, 0.15) is 18.1 Å². The van der Waals surface area contributed by atoms with Crippen molar-refractivity contribution in [3.8, 4) is 0 Å². The Labute approximate surface area is 197 Å². The maximum absolute atomic E-state index is 12.9. The van der Waals surface area contributed by atoms with Crippen molar-refractivity contribution < 1.29 is 24.3 Å². The fourth-order valence-corrected chi connectivity index (χ4v) is 3.07. The van der Waals surface area contributed by atoms with Crippen LogP contribution in [0.3, 0.4) is 0 Å². The number of amides is 3. The molecule has 0 aromatic heterocycles. The Kier molecular flexibility index (Phi) is 12.3. The molecule has 1 aromatic rings. The van der Waals surface area contributed by atoms with E-state index in [1.165, 1.54) is 0 Å². The van der Waals surface area contributed by atoms with Crippen molar-refractivity contribution in [3.63, 3.8) is 0 Å². The van der Waals surface area contributed by atoms with Gasteiger partial charge in [-0.1, -0.05) is 30.3 Å². The number of nitrogens with zero attached hydrogens (tertiary/aromatic N) is 1. The third kappa shape index (κ3) is 10.7. The number of hydrogen-bond donors (Lipinski definition) is 8. The highest BCUT2D eigenvalue weighted by Gasteiger charge is 2.29. The van der Waals surface area contributed by atoms with Crippen LogP contribution in [0.1, 0.15) is 18.4 Å². The predicted molar refractivity (Wildman–Crippen MR) is 126 cm³/mol. The molecule has 3 unspecified atom stereocenters. The lowest BCUT2D eigenvalue weighted by atomic mass is 10.0. The molecule has 0 fully saturated rings. The Hall–Kier alpha value is -3.32. The lowest BCUT2D eigenvalue weighted by Gasteiger charge is -2.24. The number of carboxylic acids is 1. The number of carbonyl (C=O) groups is 4. The van der Waals surface area contributed by atoms with Gasteiger partial charge in [0.25, 0.3) is 0 Å². The first-order valence-electron chi connectivity index (χ1n) is 10.2. The van der Waals surface area contributed by atoms with E-state index in [2.05, 4.69) is 33.6 Å². The summed E-state index contributed by atoms with van der Waals surface area (Å²) in [6.07, 6.45) is 0.506. The standard InChI is InChI=1S/C20H31N7O5S/c21-10-16(28)25-15(11-33)18(30)26-13(7-4-8-24-20(22)23)17(29)27-14(19(31)32)9-12-5-2-1-3-6-12/h1-3,5-6,13-15,33H,4,7-11,21H2,(H,25,28)(H,26,30)(H,27,29)(H,31,32)(H4,22,23,24). The highest BCUT2D eigenvalue weighted by molar-refractivity contribution is 7.80. The number of hydrogen-bond acceptors (Lipinski definition) is 7. The summed E-state index contributed by atoms with van der Waals surface area (Å²) in [7, 11) is 0. The van der Waals surface area contributed by atoms with Gasteiger partial charge in [-0.05, 0) is 18.4 Å². The highest BCUT2D eigenvalue weighted by atomic mass is 32.1. The Bertz CT molecular complexity index is 833. The average molecular weight is 482 g/mol. The molecule has 0 spiro atoms. The SMILES string of the molecule is NCC(=O)NC(CS)C(=O)NC(CCCN=C(N)N)C(=O)NC(Cc1ccccc1)C(=O)O. The second-order valence-electron chi connectivity index (χ2n) is 7.11. The molecular formula is C20H31N7O5S. The van der Waals surface area contributed by atoms with Gasteiger partial charge < -0.3 is 38.3 Å². The number of carbonyl (C=O) groups excluding carboxylic acids is 3. The molecule has 0 aliphatic rings. The Morgan fingerprint density at radius 3 is 2.12 bits per heavy atom. The minimum atomic E-state index is -1.22. The van der Waals surface area contributed by atoms with Crippen LogP contribution in [-0.2, 0) is 25.6 Å². The van der Waals surface area contributed by atoms with Crippen molar-refractivity contribution in [2.75, 3.05) is 18.8 Å². The minimum Gasteiger partial charge on any atom is -0.480 e. The molecule has 13 heteroatoms. The third-order valence-corrected chi connectivity index (χ3v) is 4.86. The first-order valence-corrected chi connectivity index (χ1v) is 10.8. The third-order valence-electron chi connectivity index (χ3n) is 4.50. The van der Waals surface area contributed by atoms with Crippen LogP contribution in [0.4, 0.5) is 0 Å². The molecule has 0 radical (unpaired) electrons.